The van der Waals surface area contributed by atoms with Crippen molar-refractivity contribution < 1.29 is 14.7 Å². The number of thioether (sulfide) groups is 1. The highest BCUT2D eigenvalue weighted by atomic mass is 79.9. The second-order valence-electron chi connectivity index (χ2n) is 5.19. The summed E-state index contributed by atoms with van der Waals surface area (Å²) >= 11 is 4.58. The van der Waals surface area contributed by atoms with Gasteiger partial charge in [0.15, 0.2) is 10.5 Å². The second kappa shape index (κ2) is 7.04. The van der Waals surface area contributed by atoms with E-state index >= 15 is 0 Å². The molecule has 124 valence electrons. The highest BCUT2D eigenvalue weighted by Crippen LogP contribution is 2.31. The summed E-state index contributed by atoms with van der Waals surface area (Å²) in [5, 5.41) is 14.5. The first-order valence-corrected chi connectivity index (χ1v) is 8.75. The Morgan fingerprint density at radius 3 is 2.83 bits per heavy atom. The van der Waals surface area contributed by atoms with Crippen molar-refractivity contribution in [1.29, 1.82) is 0 Å². The molecule has 0 radical (unpaired) electrons. The lowest BCUT2D eigenvalue weighted by Crippen LogP contribution is -2.47. The first kappa shape index (κ1) is 16.5. The Bertz CT molecular complexity index is 623. The molecule has 0 spiro atoms. The van der Waals surface area contributed by atoms with Crippen LogP contribution in [0, 0.1) is 0 Å². The molecule has 1 saturated heterocycles. The van der Waals surface area contributed by atoms with Crippen LogP contribution in [0.25, 0.3) is 0 Å². The zero-order chi connectivity index (χ0) is 16.4. The van der Waals surface area contributed by atoms with Gasteiger partial charge >= 0.3 is 0 Å². The van der Waals surface area contributed by atoms with Crippen LogP contribution in [0.3, 0.4) is 0 Å². The molecule has 1 fully saturated rings. The van der Waals surface area contributed by atoms with Crippen LogP contribution >= 0.6 is 27.7 Å². The van der Waals surface area contributed by atoms with Crippen LogP contribution in [0.5, 0.6) is 5.75 Å². The third-order valence-corrected chi connectivity index (χ3v) is 5.44. The maximum Gasteiger partial charge on any atom is 0.275 e. The van der Waals surface area contributed by atoms with Gasteiger partial charge in [0.25, 0.3) is 5.91 Å². The normalized spacial score (nSPS) is 23.0. The van der Waals surface area contributed by atoms with Crippen molar-refractivity contribution >= 4 is 38.6 Å². The molecule has 23 heavy (non-hydrogen) atoms. The van der Waals surface area contributed by atoms with E-state index < -0.39 is 11.4 Å². The lowest BCUT2D eigenvalue weighted by Gasteiger charge is -2.36. The molecule has 3 rings (SSSR count). The fourth-order valence-electron chi connectivity index (χ4n) is 2.49. The number of rotatable bonds is 4. The Morgan fingerprint density at radius 2 is 2.22 bits per heavy atom. The summed E-state index contributed by atoms with van der Waals surface area (Å²) < 4.78 is 6.81. The van der Waals surface area contributed by atoms with Gasteiger partial charge in [0.1, 0.15) is 11.9 Å². The van der Waals surface area contributed by atoms with Crippen molar-refractivity contribution in [2.45, 2.75) is 24.4 Å². The van der Waals surface area contributed by atoms with E-state index in [0.717, 1.165) is 53.1 Å². The summed E-state index contributed by atoms with van der Waals surface area (Å²) in [4.78, 5) is 17.2. The number of primary amides is 1. The number of hydroxylamine groups is 1. The average Bonchev–Trinajstić information content (AvgIpc) is 2.93. The minimum absolute atomic E-state index is 0.0972. The summed E-state index contributed by atoms with van der Waals surface area (Å²) in [6.07, 6.45) is 5.11. The van der Waals surface area contributed by atoms with Crippen LogP contribution in [0.4, 0.5) is 0 Å². The number of hydrogen-bond donors (Lipinski definition) is 2. The van der Waals surface area contributed by atoms with Gasteiger partial charge in [-0.25, -0.2) is 0 Å². The SMILES string of the molecule is NC(=O)C1=NN(O)C(N2CCC(Oc3ccncc3Br)CC2)S1. The highest BCUT2D eigenvalue weighted by molar-refractivity contribution is 9.10. The Kier molecular flexibility index (Phi) is 5.05. The third-order valence-electron chi connectivity index (χ3n) is 3.64. The van der Waals surface area contributed by atoms with Crippen LogP contribution in [0.15, 0.2) is 28.0 Å². The van der Waals surface area contributed by atoms with Crippen LogP contribution in [-0.2, 0) is 4.79 Å². The number of piperidine rings is 1. The van der Waals surface area contributed by atoms with Crippen LogP contribution < -0.4 is 10.5 Å². The molecule has 0 saturated carbocycles. The average molecular weight is 402 g/mol. The molecule has 0 bridgehead atoms. The van der Waals surface area contributed by atoms with Crippen molar-refractivity contribution in [2.75, 3.05) is 13.1 Å². The van der Waals surface area contributed by atoms with E-state index in [-0.39, 0.29) is 11.1 Å². The predicted octanol–water partition coefficient (Wildman–Crippen LogP) is 1.21. The Labute approximate surface area is 145 Å². The summed E-state index contributed by atoms with van der Waals surface area (Å²) in [6.45, 7) is 1.45. The van der Waals surface area contributed by atoms with Gasteiger partial charge in [0, 0.05) is 25.5 Å². The molecule has 1 unspecified atom stereocenters. The van der Waals surface area contributed by atoms with Crippen molar-refractivity contribution in [3.05, 3.63) is 22.9 Å². The van der Waals surface area contributed by atoms with E-state index in [4.69, 9.17) is 10.5 Å². The molecule has 1 aromatic heterocycles. The summed E-state index contributed by atoms with van der Waals surface area (Å²) in [7, 11) is 0. The molecule has 10 heteroatoms. The van der Waals surface area contributed by atoms with Gasteiger partial charge in [-0.15, -0.1) is 10.3 Å². The Balaban J connectivity index is 1.53. The fraction of sp³-hybridized carbons (Fsp3) is 0.462. The minimum Gasteiger partial charge on any atom is -0.489 e. The number of carbonyl (C=O) groups excluding carboxylic acids is 1. The Morgan fingerprint density at radius 1 is 1.48 bits per heavy atom. The lowest BCUT2D eigenvalue weighted by molar-refractivity contribution is -0.141. The lowest BCUT2D eigenvalue weighted by atomic mass is 10.1. The number of aromatic nitrogens is 1. The number of likely N-dealkylation sites (tertiary alicyclic amines) is 1. The number of nitrogens with two attached hydrogens (primary N) is 1. The molecule has 0 aliphatic carbocycles. The molecule has 1 aromatic rings. The standard InChI is InChI=1S/C13H16BrN5O3S/c14-9-7-16-4-1-10(9)22-8-2-5-18(6-3-8)13-19(21)17-12(23-13)11(15)20/h1,4,7-8,13,21H,2-3,5-6H2,(H2,15,20). The molecular formula is C13H16BrN5O3S. The van der Waals surface area contributed by atoms with E-state index in [1.165, 1.54) is 0 Å². The highest BCUT2D eigenvalue weighted by Gasteiger charge is 2.36. The van der Waals surface area contributed by atoms with Gasteiger partial charge in [-0.05, 0) is 34.8 Å². The van der Waals surface area contributed by atoms with E-state index in [0.29, 0.717) is 0 Å². The van der Waals surface area contributed by atoms with Crippen LogP contribution in [0.2, 0.25) is 0 Å². The number of hydrazone groups is 1. The first-order valence-electron chi connectivity index (χ1n) is 7.08. The zero-order valence-electron chi connectivity index (χ0n) is 12.1. The van der Waals surface area contributed by atoms with E-state index in [1.54, 1.807) is 12.4 Å². The maximum atomic E-state index is 11.1. The number of pyridine rings is 1. The Hall–Kier alpha value is -1.36. The smallest absolute Gasteiger partial charge is 0.275 e. The van der Waals surface area contributed by atoms with Crippen LogP contribution in [0.1, 0.15) is 12.8 Å². The minimum atomic E-state index is -0.627. The van der Waals surface area contributed by atoms with Gasteiger partial charge in [-0.2, -0.15) is 0 Å². The van der Waals surface area contributed by atoms with Gasteiger partial charge in [0.05, 0.1) is 4.47 Å². The summed E-state index contributed by atoms with van der Waals surface area (Å²) in [5.74, 6) is 0.147. The summed E-state index contributed by atoms with van der Waals surface area (Å²) in [6, 6.07) is 1.83. The van der Waals surface area contributed by atoms with Crippen molar-refractivity contribution in [1.82, 2.24) is 15.1 Å². The van der Waals surface area contributed by atoms with Crippen LogP contribution in [-0.4, -0.2) is 55.9 Å². The van der Waals surface area contributed by atoms with Gasteiger partial charge < -0.3 is 10.5 Å². The molecule has 3 heterocycles. The zero-order valence-corrected chi connectivity index (χ0v) is 14.5. The number of hydrogen-bond acceptors (Lipinski definition) is 8. The van der Waals surface area contributed by atoms with Crippen molar-refractivity contribution in [3.63, 3.8) is 0 Å². The number of ether oxygens (including phenoxy) is 1. The molecular weight excluding hydrogens is 386 g/mol. The van der Waals surface area contributed by atoms with E-state index in [9.17, 15) is 10.0 Å². The molecule has 3 N–H and O–H groups in total. The number of amides is 1. The summed E-state index contributed by atoms with van der Waals surface area (Å²) in [5.41, 5.74) is 4.79. The maximum absolute atomic E-state index is 11.1. The van der Waals surface area contributed by atoms with Gasteiger partial charge in [0.2, 0.25) is 0 Å². The third kappa shape index (κ3) is 3.77. The topological polar surface area (TPSA) is 104 Å². The largest absolute Gasteiger partial charge is 0.489 e. The first-order chi connectivity index (χ1) is 11.0. The molecule has 1 atom stereocenters. The number of carbonyl (C=O) groups is 1. The quantitative estimate of drug-likeness (QED) is 0.780. The molecule has 8 nitrogen and oxygen atoms in total. The van der Waals surface area contributed by atoms with Gasteiger partial charge in [-0.3, -0.25) is 19.9 Å². The molecule has 0 aromatic carbocycles. The second-order valence-corrected chi connectivity index (χ2v) is 7.09. The van der Waals surface area contributed by atoms with Crippen molar-refractivity contribution in [2.24, 2.45) is 10.8 Å². The molecule has 1 amide bonds. The molecule has 2 aliphatic rings. The van der Waals surface area contributed by atoms with E-state index in [2.05, 4.69) is 26.0 Å². The predicted molar refractivity (Wildman–Crippen MR) is 88.8 cm³/mol. The number of halogens is 1. The number of nitrogens with zero attached hydrogens (tertiary/aromatic N) is 4. The molecule has 2 aliphatic heterocycles. The van der Waals surface area contributed by atoms with E-state index in [1.807, 2.05) is 11.0 Å². The fourth-order valence-corrected chi connectivity index (χ4v) is 3.78. The van der Waals surface area contributed by atoms with Crippen molar-refractivity contribution in [3.8, 4) is 5.75 Å². The monoisotopic (exact) mass is 401 g/mol. The van der Waals surface area contributed by atoms with Gasteiger partial charge in [-0.1, -0.05) is 11.8 Å².